The van der Waals surface area contributed by atoms with Crippen molar-refractivity contribution in [3.63, 3.8) is 0 Å². The molecule has 33 heavy (non-hydrogen) atoms. The first-order valence-corrected chi connectivity index (χ1v) is 13.6. The van der Waals surface area contributed by atoms with Gasteiger partial charge in [-0.2, -0.15) is 13.6 Å². The van der Waals surface area contributed by atoms with Gasteiger partial charge in [-0.3, -0.25) is 9.09 Å². The summed E-state index contributed by atoms with van der Waals surface area (Å²) >= 11 is 0.366. The van der Waals surface area contributed by atoms with E-state index in [9.17, 15) is 33.7 Å². The molecular weight excluding hydrogens is 535 g/mol. The van der Waals surface area contributed by atoms with Crippen molar-refractivity contribution in [2.75, 3.05) is 18.5 Å². The smallest absolute Gasteiger partial charge is 0.387 e. The van der Waals surface area contributed by atoms with E-state index >= 15 is 0 Å². The maximum absolute atomic E-state index is 11.9. The lowest BCUT2D eigenvalue weighted by atomic mass is 10.1. The van der Waals surface area contributed by atoms with Crippen molar-refractivity contribution in [3.05, 3.63) is 6.33 Å². The number of aromatic nitrogens is 4. The van der Waals surface area contributed by atoms with Crippen molar-refractivity contribution in [3.8, 4) is 0 Å². The molecule has 0 amide bonds. The van der Waals surface area contributed by atoms with Crippen LogP contribution in [0, 0.1) is 0 Å². The van der Waals surface area contributed by atoms with Gasteiger partial charge < -0.3 is 40.3 Å². The van der Waals surface area contributed by atoms with Gasteiger partial charge in [0.25, 0.3) is 0 Å². The number of phosphoric ester groups is 1. The molecule has 2 unspecified atom stereocenters. The molecule has 186 valence electrons. The lowest BCUT2D eigenvalue weighted by molar-refractivity contribution is -0.0503. The summed E-state index contributed by atoms with van der Waals surface area (Å²) in [6.45, 7) is -1.04. The highest BCUT2D eigenvalue weighted by molar-refractivity contribution is 7.98. The maximum atomic E-state index is 11.9. The second-order valence-corrected chi connectivity index (χ2v) is 11.3. The predicted octanol–water partition coefficient (Wildman–Crippen LogP) is -0.907. The normalized spacial score (nSPS) is 29.2. The number of phosphoric acid groups is 3. The molecule has 0 aromatic carbocycles. The van der Waals surface area contributed by atoms with E-state index in [1.165, 1.54) is 0 Å². The average molecular weight is 556 g/mol. The summed E-state index contributed by atoms with van der Waals surface area (Å²) < 4.78 is 74.2. The molecule has 6 atom stereocenters. The van der Waals surface area contributed by atoms with E-state index in [0.29, 0.717) is 11.8 Å². The number of imidazole rings is 1. The molecule has 1 aliphatic heterocycles. The van der Waals surface area contributed by atoms with Crippen LogP contribution in [0.3, 0.4) is 0 Å². The first-order chi connectivity index (χ1) is 16.3. The van der Waals surface area contributed by atoms with Crippen LogP contribution in [0.5, 0.6) is 0 Å². The fourth-order valence-electron chi connectivity index (χ4n) is 2.73. The van der Waals surface area contributed by atoms with Gasteiger partial charge in [0, 0.05) is 4.11 Å². The Morgan fingerprint density at radius 3 is 2.52 bits per heavy atom. The molecule has 0 spiro atoms. The van der Waals surface area contributed by atoms with E-state index < -0.39 is 60.8 Å². The summed E-state index contributed by atoms with van der Waals surface area (Å²) in [5, 5.41) is 20.6. The maximum Gasteiger partial charge on any atom is 0.490 e. The fourth-order valence-corrected chi connectivity index (χ4v) is 6.14. The highest BCUT2D eigenvalue weighted by Gasteiger charge is 2.47. The third-order valence-corrected chi connectivity index (χ3v) is 8.21. The van der Waals surface area contributed by atoms with Crippen LogP contribution in [-0.4, -0.2) is 80.4 Å². The van der Waals surface area contributed by atoms with Crippen LogP contribution >= 0.6 is 35.2 Å². The highest BCUT2D eigenvalue weighted by Crippen LogP contribution is 2.66. The SMILES string of the molecule is [2H]C([2H])([2H])Sc1nc(N)nc2c1ncn2[C@@H]1O[C@H](COP(=O)(O)OP(=O)(O)OP(=O)(O)O)[C@@H](O)[C@H]1O. The molecular formula is C11H18N5O13P3S. The Kier molecular flexibility index (Phi) is 6.51. The van der Waals surface area contributed by atoms with Gasteiger partial charge in [-0.15, -0.1) is 11.8 Å². The number of rotatable bonds is 9. The third-order valence-electron chi connectivity index (χ3n) is 3.93. The molecule has 1 saturated heterocycles. The number of aliphatic hydroxyl groups excluding tert-OH is 2. The van der Waals surface area contributed by atoms with E-state index in [-0.39, 0.29) is 22.1 Å². The Morgan fingerprint density at radius 1 is 1.18 bits per heavy atom. The van der Waals surface area contributed by atoms with Crippen molar-refractivity contribution >= 4 is 52.3 Å². The van der Waals surface area contributed by atoms with Crippen molar-refractivity contribution in [2.45, 2.75) is 29.6 Å². The van der Waals surface area contributed by atoms with Crippen molar-refractivity contribution < 1.29 is 65.5 Å². The molecule has 1 fully saturated rings. The summed E-state index contributed by atoms with van der Waals surface area (Å²) in [5.74, 6) is -0.340. The van der Waals surface area contributed by atoms with Crippen LogP contribution < -0.4 is 5.73 Å². The van der Waals surface area contributed by atoms with E-state index in [1.807, 2.05) is 0 Å². The Balaban J connectivity index is 1.77. The topological polar surface area (TPSA) is 279 Å². The van der Waals surface area contributed by atoms with E-state index in [1.54, 1.807) is 0 Å². The van der Waals surface area contributed by atoms with Gasteiger partial charge in [0.2, 0.25) is 5.95 Å². The largest absolute Gasteiger partial charge is 0.490 e. The second-order valence-electron chi connectivity index (χ2n) is 6.25. The highest BCUT2D eigenvalue weighted by atomic mass is 32.2. The summed E-state index contributed by atoms with van der Waals surface area (Å²) in [4.78, 5) is 47.5. The minimum Gasteiger partial charge on any atom is -0.387 e. The second kappa shape index (κ2) is 9.56. The summed E-state index contributed by atoms with van der Waals surface area (Å²) in [7, 11) is -16.9. The Morgan fingerprint density at radius 2 is 1.88 bits per heavy atom. The van der Waals surface area contributed by atoms with Crippen molar-refractivity contribution in [1.29, 1.82) is 0 Å². The number of hydrogen-bond acceptors (Lipinski definition) is 14. The van der Waals surface area contributed by atoms with Gasteiger partial charge in [-0.1, -0.05) is 0 Å². The fraction of sp³-hybridized carbons (Fsp3) is 0.545. The van der Waals surface area contributed by atoms with Gasteiger partial charge in [0.1, 0.15) is 28.9 Å². The number of ether oxygens (including phenoxy) is 1. The van der Waals surface area contributed by atoms with Gasteiger partial charge in [-0.05, 0) is 6.18 Å². The third kappa shape index (κ3) is 6.36. The quantitative estimate of drug-likeness (QED) is 0.112. The molecule has 0 bridgehead atoms. The Hall–Kier alpha value is -1.01. The molecule has 0 aliphatic carbocycles. The molecule has 2 aromatic rings. The lowest BCUT2D eigenvalue weighted by Crippen LogP contribution is -2.33. The summed E-state index contributed by atoms with van der Waals surface area (Å²) in [6.07, 6.45) is -7.97. The first-order valence-electron chi connectivity index (χ1n) is 9.76. The van der Waals surface area contributed by atoms with E-state index in [4.69, 9.17) is 24.4 Å². The number of thioether (sulfide) groups is 1. The predicted molar refractivity (Wildman–Crippen MR) is 107 cm³/mol. The molecule has 3 rings (SSSR count). The summed E-state index contributed by atoms with van der Waals surface area (Å²) in [5.41, 5.74) is 5.53. The number of fused-ring (bicyclic) bond motifs is 1. The van der Waals surface area contributed by atoms with Crippen LogP contribution in [0.2, 0.25) is 0 Å². The van der Waals surface area contributed by atoms with Gasteiger partial charge in [0.05, 0.1) is 12.9 Å². The van der Waals surface area contributed by atoms with Crippen LogP contribution in [0.4, 0.5) is 5.95 Å². The number of nitrogen functional groups attached to an aromatic ring is 1. The van der Waals surface area contributed by atoms with Crippen LogP contribution in [0.15, 0.2) is 11.4 Å². The number of nitrogens with zero attached hydrogens (tertiary/aromatic N) is 4. The molecule has 18 nitrogen and oxygen atoms in total. The zero-order valence-electron chi connectivity index (χ0n) is 18.8. The van der Waals surface area contributed by atoms with Gasteiger partial charge in [-0.25, -0.2) is 23.7 Å². The molecule has 0 saturated carbocycles. The molecule has 1 aliphatic rings. The van der Waals surface area contributed by atoms with Crippen LogP contribution in [-0.2, 0) is 31.6 Å². The Labute approximate surface area is 192 Å². The number of anilines is 1. The summed E-state index contributed by atoms with van der Waals surface area (Å²) in [6, 6.07) is 0. The van der Waals surface area contributed by atoms with Crippen LogP contribution in [0.25, 0.3) is 11.2 Å². The zero-order valence-corrected chi connectivity index (χ0v) is 19.3. The van der Waals surface area contributed by atoms with Gasteiger partial charge >= 0.3 is 23.5 Å². The molecule has 2 aromatic heterocycles. The molecule has 22 heteroatoms. The minimum atomic E-state index is -5.76. The molecule has 3 heterocycles. The van der Waals surface area contributed by atoms with Crippen molar-refractivity contribution in [2.24, 2.45) is 0 Å². The van der Waals surface area contributed by atoms with Gasteiger partial charge in [0.15, 0.2) is 11.9 Å². The van der Waals surface area contributed by atoms with Crippen molar-refractivity contribution in [1.82, 2.24) is 19.5 Å². The van der Waals surface area contributed by atoms with E-state index in [0.717, 1.165) is 10.9 Å². The Bertz CT molecular complexity index is 1280. The zero-order chi connectivity index (χ0) is 27.3. The monoisotopic (exact) mass is 556 g/mol. The minimum absolute atomic E-state index is 0.0210. The number of hydrogen-bond donors (Lipinski definition) is 7. The lowest BCUT2D eigenvalue weighted by Gasteiger charge is -2.19. The molecule has 8 N–H and O–H groups in total. The molecule has 0 radical (unpaired) electrons. The van der Waals surface area contributed by atoms with Crippen LogP contribution in [0.1, 0.15) is 10.3 Å². The number of aliphatic hydroxyl groups is 2. The number of nitrogens with two attached hydrogens (primary N) is 1. The first kappa shape index (κ1) is 22.5. The average Bonchev–Trinajstić information content (AvgIpc) is 3.18. The van der Waals surface area contributed by atoms with E-state index in [2.05, 4.69) is 28.1 Å². The standard InChI is InChI=1S/C11H18N5O13P3S/c1-33-9-5-8(14-11(12)15-9)16(3-13-5)10-7(18)6(17)4(27-10)2-26-31(22,23)29-32(24,25)28-30(19,20)21/h3-4,6-7,10,17-18H,2H2,1H3,(H,22,23)(H,24,25)(H2,12,14,15)(H2,19,20,21)/t4-,6-,7-,10-/m1/s1/i1D3.